The van der Waals surface area contributed by atoms with Crippen LogP contribution in [0, 0.1) is 0 Å². The summed E-state index contributed by atoms with van der Waals surface area (Å²) >= 11 is 1.57. The molecule has 3 heterocycles. The number of carbonyl (C=O) groups excluding carboxylic acids is 2. The predicted molar refractivity (Wildman–Crippen MR) is 107 cm³/mol. The molecule has 1 atom stereocenters. The van der Waals surface area contributed by atoms with Gasteiger partial charge in [-0.15, -0.1) is 11.3 Å². The molecule has 4 aromatic rings. The molecule has 8 heteroatoms. The number of thiophene rings is 1. The van der Waals surface area contributed by atoms with Crippen LogP contribution in [0.4, 0.5) is 0 Å². The Morgan fingerprint density at radius 3 is 2.64 bits per heavy atom. The van der Waals surface area contributed by atoms with Gasteiger partial charge in [0.1, 0.15) is 12.0 Å². The predicted octanol–water partition coefficient (Wildman–Crippen LogP) is 3.05. The Morgan fingerprint density at radius 1 is 1.18 bits per heavy atom. The van der Waals surface area contributed by atoms with Crippen molar-refractivity contribution in [3.05, 3.63) is 76.5 Å². The molecule has 0 aliphatic rings. The van der Waals surface area contributed by atoms with Crippen LogP contribution in [-0.2, 0) is 0 Å². The molecular weight excluding hydrogens is 374 g/mol. The second kappa shape index (κ2) is 7.24. The fourth-order valence-corrected chi connectivity index (χ4v) is 3.69. The van der Waals surface area contributed by atoms with Gasteiger partial charge in [0.2, 0.25) is 0 Å². The number of rotatable bonds is 5. The van der Waals surface area contributed by atoms with Gasteiger partial charge in [-0.3, -0.25) is 14.0 Å². The number of carbonyl (C=O) groups is 2. The Kier molecular flexibility index (Phi) is 4.62. The fourth-order valence-electron chi connectivity index (χ4n) is 2.96. The number of hydrogen-bond donors (Lipinski definition) is 2. The van der Waals surface area contributed by atoms with Crippen molar-refractivity contribution >= 4 is 28.8 Å². The molecule has 0 aliphatic carbocycles. The number of imidazole rings is 1. The van der Waals surface area contributed by atoms with Gasteiger partial charge >= 0.3 is 0 Å². The molecular formula is C20H17N5O2S. The minimum Gasteiger partial charge on any atom is -0.364 e. The summed E-state index contributed by atoms with van der Waals surface area (Å²) in [5.74, 6) is -0.988. The van der Waals surface area contributed by atoms with E-state index in [0.29, 0.717) is 11.4 Å². The van der Waals surface area contributed by atoms with E-state index in [0.717, 1.165) is 10.4 Å². The van der Waals surface area contributed by atoms with E-state index in [1.54, 1.807) is 17.4 Å². The normalized spacial score (nSPS) is 12.0. The Morgan fingerprint density at radius 2 is 1.96 bits per heavy atom. The molecule has 0 saturated heterocycles. The Hall–Kier alpha value is -3.52. The van der Waals surface area contributed by atoms with Crippen LogP contribution in [0.1, 0.15) is 38.8 Å². The van der Waals surface area contributed by atoms with Gasteiger partial charge in [-0.1, -0.05) is 36.4 Å². The lowest BCUT2D eigenvalue weighted by atomic mass is 10.1. The van der Waals surface area contributed by atoms with Crippen molar-refractivity contribution in [1.82, 2.24) is 19.7 Å². The highest BCUT2D eigenvalue weighted by Crippen LogP contribution is 2.23. The van der Waals surface area contributed by atoms with Crippen LogP contribution in [-0.4, -0.2) is 26.2 Å². The zero-order valence-electron chi connectivity index (χ0n) is 15.0. The van der Waals surface area contributed by atoms with Crippen molar-refractivity contribution < 1.29 is 9.59 Å². The molecule has 1 aromatic carbocycles. The second-order valence-corrected chi connectivity index (χ2v) is 7.23. The molecule has 7 nitrogen and oxygen atoms in total. The largest absolute Gasteiger partial charge is 0.364 e. The lowest BCUT2D eigenvalue weighted by molar-refractivity contribution is 0.0932. The topological polar surface area (TPSA) is 102 Å². The molecule has 3 aromatic heterocycles. The summed E-state index contributed by atoms with van der Waals surface area (Å²) < 4.78 is 1.49. The molecule has 140 valence electrons. The second-order valence-electron chi connectivity index (χ2n) is 6.25. The number of nitrogens with zero attached hydrogens (tertiary/aromatic N) is 3. The van der Waals surface area contributed by atoms with Gasteiger partial charge in [-0.2, -0.15) is 0 Å². The minimum atomic E-state index is -0.696. The van der Waals surface area contributed by atoms with Gasteiger partial charge in [-0.25, -0.2) is 9.97 Å². The number of amides is 2. The summed E-state index contributed by atoms with van der Waals surface area (Å²) in [7, 11) is 0. The van der Waals surface area contributed by atoms with E-state index in [4.69, 9.17) is 5.73 Å². The smallest absolute Gasteiger partial charge is 0.271 e. The van der Waals surface area contributed by atoms with Gasteiger partial charge in [0, 0.05) is 10.4 Å². The van der Waals surface area contributed by atoms with Crippen molar-refractivity contribution in [2.45, 2.75) is 13.0 Å². The highest BCUT2D eigenvalue weighted by atomic mass is 32.1. The fraction of sp³-hybridized carbons (Fsp3) is 0.100. The Balaban J connectivity index is 1.82. The Labute approximate surface area is 164 Å². The standard InChI is InChI=1S/C20H17N5O2S/c1-12(16-8-5-9-28-16)23-20(27)15-10-14(13-6-3-2-4-7-13)24-19-17(18(21)26)22-11-25(15)19/h2-12H,1H3,(H2,21,26)(H,23,27). The third kappa shape index (κ3) is 3.25. The lowest BCUT2D eigenvalue weighted by Gasteiger charge is -2.14. The van der Waals surface area contributed by atoms with Crippen molar-refractivity contribution in [1.29, 1.82) is 0 Å². The number of nitrogens with one attached hydrogen (secondary N) is 1. The molecule has 3 N–H and O–H groups in total. The highest BCUT2D eigenvalue weighted by molar-refractivity contribution is 7.10. The number of benzene rings is 1. The number of aromatic nitrogens is 3. The van der Waals surface area contributed by atoms with E-state index in [2.05, 4.69) is 15.3 Å². The van der Waals surface area contributed by atoms with E-state index >= 15 is 0 Å². The van der Waals surface area contributed by atoms with Crippen LogP contribution in [0.2, 0.25) is 0 Å². The maximum absolute atomic E-state index is 13.0. The summed E-state index contributed by atoms with van der Waals surface area (Å²) in [6, 6.07) is 14.9. The molecule has 28 heavy (non-hydrogen) atoms. The molecule has 1 unspecified atom stereocenters. The van der Waals surface area contributed by atoms with Crippen LogP contribution < -0.4 is 11.1 Å². The summed E-state index contributed by atoms with van der Waals surface area (Å²) in [4.78, 5) is 34.4. The van der Waals surface area contributed by atoms with Crippen molar-refractivity contribution in [2.24, 2.45) is 5.73 Å². The maximum Gasteiger partial charge on any atom is 0.271 e. The average molecular weight is 391 g/mol. The summed E-state index contributed by atoms with van der Waals surface area (Å²) in [5, 5.41) is 4.95. The van der Waals surface area contributed by atoms with Crippen LogP contribution in [0.5, 0.6) is 0 Å². The van der Waals surface area contributed by atoms with Crippen LogP contribution >= 0.6 is 11.3 Å². The minimum absolute atomic E-state index is 0.0261. The third-order valence-electron chi connectivity index (χ3n) is 4.35. The lowest BCUT2D eigenvalue weighted by Crippen LogP contribution is -2.28. The van der Waals surface area contributed by atoms with Crippen LogP contribution in [0.15, 0.2) is 60.2 Å². The molecule has 0 aliphatic heterocycles. The Bertz CT molecular complexity index is 1150. The molecule has 0 saturated carbocycles. The van der Waals surface area contributed by atoms with Crippen molar-refractivity contribution in [3.8, 4) is 11.3 Å². The highest BCUT2D eigenvalue weighted by Gasteiger charge is 2.21. The summed E-state index contributed by atoms with van der Waals surface area (Å²) in [6.45, 7) is 1.92. The van der Waals surface area contributed by atoms with E-state index in [9.17, 15) is 9.59 Å². The van der Waals surface area contributed by atoms with Crippen LogP contribution in [0.3, 0.4) is 0 Å². The summed E-state index contributed by atoms with van der Waals surface area (Å²) in [6.07, 6.45) is 1.39. The quantitative estimate of drug-likeness (QED) is 0.546. The van der Waals surface area contributed by atoms with Gasteiger partial charge in [0.05, 0.1) is 11.7 Å². The third-order valence-corrected chi connectivity index (χ3v) is 5.41. The number of primary amides is 1. The first-order chi connectivity index (χ1) is 13.5. The first kappa shape index (κ1) is 17.9. The number of fused-ring (bicyclic) bond motifs is 1. The first-order valence-corrected chi connectivity index (χ1v) is 9.50. The SMILES string of the molecule is CC(NC(=O)c1cc(-c2ccccc2)nc2c(C(N)=O)ncn12)c1cccs1. The monoisotopic (exact) mass is 391 g/mol. The van der Waals surface area contributed by atoms with E-state index in [-0.39, 0.29) is 23.3 Å². The van der Waals surface area contributed by atoms with Crippen LogP contribution in [0.25, 0.3) is 16.9 Å². The molecule has 4 rings (SSSR count). The molecule has 0 spiro atoms. The van der Waals surface area contributed by atoms with Crippen molar-refractivity contribution in [3.63, 3.8) is 0 Å². The number of nitrogens with two attached hydrogens (primary N) is 1. The van der Waals surface area contributed by atoms with Gasteiger partial charge in [0.15, 0.2) is 11.3 Å². The summed E-state index contributed by atoms with van der Waals surface area (Å²) in [5.41, 5.74) is 7.42. The van der Waals surface area contributed by atoms with Gasteiger partial charge < -0.3 is 11.1 Å². The molecule has 0 bridgehead atoms. The van der Waals surface area contributed by atoms with E-state index in [1.807, 2.05) is 54.8 Å². The zero-order chi connectivity index (χ0) is 19.7. The van der Waals surface area contributed by atoms with E-state index in [1.165, 1.54) is 10.7 Å². The van der Waals surface area contributed by atoms with Gasteiger partial charge in [0.25, 0.3) is 11.8 Å². The molecule has 0 fully saturated rings. The van der Waals surface area contributed by atoms with Crippen molar-refractivity contribution in [2.75, 3.05) is 0 Å². The molecule has 2 amide bonds. The van der Waals surface area contributed by atoms with E-state index < -0.39 is 5.91 Å². The van der Waals surface area contributed by atoms with Gasteiger partial charge in [-0.05, 0) is 24.4 Å². The molecule has 0 radical (unpaired) electrons. The maximum atomic E-state index is 13.0. The zero-order valence-corrected chi connectivity index (χ0v) is 15.8. The first-order valence-electron chi connectivity index (χ1n) is 8.62. The number of hydrogen-bond acceptors (Lipinski definition) is 5. The average Bonchev–Trinajstić information content (AvgIpc) is 3.37.